The molecule has 0 atom stereocenters. The van der Waals surface area contributed by atoms with Crippen molar-refractivity contribution in [2.24, 2.45) is 4.99 Å². The second-order valence-corrected chi connectivity index (χ2v) is 4.78. The molecule has 0 bridgehead atoms. The Balaban J connectivity index is 2.11. The Labute approximate surface area is 110 Å². The fourth-order valence-corrected chi connectivity index (χ4v) is 2.18. The zero-order valence-corrected chi connectivity index (χ0v) is 10.7. The summed E-state index contributed by atoms with van der Waals surface area (Å²) in [6.45, 7) is 0. The van der Waals surface area contributed by atoms with Crippen molar-refractivity contribution in [2.45, 2.75) is 0 Å². The van der Waals surface area contributed by atoms with E-state index in [0.717, 1.165) is 21.3 Å². The van der Waals surface area contributed by atoms with E-state index >= 15 is 0 Å². The molecule has 0 unspecified atom stereocenters. The van der Waals surface area contributed by atoms with Gasteiger partial charge in [0.1, 0.15) is 5.69 Å². The van der Waals surface area contributed by atoms with Crippen LogP contribution in [0.5, 0.6) is 5.88 Å². The fourth-order valence-electron chi connectivity index (χ4n) is 1.82. The molecule has 1 aliphatic heterocycles. The molecule has 6 heteroatoms. The molecule has 3 rings (SSSR count). The van der Waals surface area contributed by atoms with Crippen LogP contribution in [0.15, 0.2) is 32.5 Å². The molecule has 5 nitrogen and oxygen atoms in total. The number of allylic oxidation sites excluding steroid dienone is 1. The van der Waals surface area contributed by atoms with Gasteiger partial charge in [-0.3, -0.25) is 9.98 Å². The van der Waals surface area contributed by atoms with Gasteiger partial charge in [0.25, 0.3) is 0 Å². The van der Waals surface area contributed by atoms with E-state index in [-0.39, 0.29) is 5.88 Å². The van der Waals surface area contributed by atoms with Crippen molar-refractivity contribution in [3.8, 4) is 5.88 Å². The molecule has 0 saturated heterocycles. The molecular formula is C12H8BrN3O2. The minimum Gasteiger partial charge on any atom is -0.493 e. The average Bonchev–Trinajstić information content (AvgIpc) is 2.84. The van der Waals surface area contributed by atoms with Crippen molar-refractivity contribution >= 4 is 39.5 Å². The lowest BCUT2D eigenvalue weighted by Gasteiger charge is -2.00. The summed E-state index contributed by atoms with van der Waals surface area (Å²) in [6, 6.07) is 5.75. The van der Waals surface area contributed by atoms with Gasteiger partial charge in [0, 0.05) is 21.8 Å². The average molecular weight is 306 g/mol. The van der Waals surface area contributed by atoms with Gasteiger partial charge in [-0.25, -0.2) is 4.79 Å². The lowest BCUT2D eigenvalue weighted by Crippen LogP contribution is -2.00. The minimum absolute atomic E-state index is 0.177. The summed E-state index contributed by atoms with van der Waals surface area (Å²) < 4.78 is 0.949. The lowest BCUT2D eigenvalue weighted by atomic mass is 10.1. The molecule has 1 aromatic carbocycles. The molecule has 3 N–H and O–H groups in total. The number of nitrogens with zero attached hydrogens (tertiary/aromatic N) is 1. The maximum atomic E-state index is 11.0. The maximum absolute atomic E-state index is 11.0. The van der Waals surface area contributed by atoms with Crippen LogP contribution in [0.3, 0.4) is 0 Å². The van der Waals surface area contributed by atoms with Crippen molar-refractivity contribution in [3.63, 3.8) is 0 Å². The number of imidazole rings is 1. The topological polar surface area (TPSA) is 81.2 Å². The number of aromatic nitrogens is 2. The third kappa shape index (κ3) is 1.80. The molecule has 2 heterocycles. The number of hydrogen-bond acceptors (Lipinski definition) is 3. The van der Waals surface area contributed by atoms with Gasteiger partial charge in [0.2, 0.25) is 5.88 Å². The van der Waals surface area contributed by atoms with Crippen LogP contribution in [-0.2, 0) is 0 Å². The van der Waals surface area contributed by atoms with E-state index in [1.807, 2.05) is 18.2 Å². The van der Waals surface area contributed by atoms with Crippen LogP contribution >= 0.6 is 15.9 Å². The molecule has 1 aromatic heterocycles. The first-order valence-electron chi connectivity index (χ1n) is 5.20. The van der Waals surface area contributed by atoms with Crippen molar-refractivity contribution in [1.82, 2.24) is 9.97 Å². The largest absolute Gasteiger partial charge is 0.493 e. The minimum atomic E-state index is -0.441. The summed E-state index contributed by atoms with van der Waals surface area (Å²) in [5, 5.41) is 9.51. The van der Waals surface area contributed by atoms with E-state index < -0.39 is 5.69 Å². The highest BCUT2D eigenvalue weighted by atomic mass is 79.9. The molecule has 0 saturated carbocycles. The molecular weight excluding hydrogens is 298 g/mol. The first-order chi connectivity index (χ1) is 8.63. The SMILES string of the molecule is O=c1[nH]c(O)c(/C=C2\C=Nc3ccc(Br)cc32)[nH]1. The quantitative estimate of drug-likeness (QED) is 0.756. The van der Waals surface area contributed by atoms with Crippen molar-refractivity contribution in [1.29, 1.82) is 0 Å². The molecule has 1 aliphatic rings. The smallest absolute Gasteiger partial charge is 0.326 e. The maximum Gasteiger partial charge on any atom is 0.326 e. The van der Waals surface area contributed by atoms with E-state index in [1.165, 1.54) is 0 Å². The van der Waals surface area contributed by atoms with E-state index in [1.54, 1.807) is 12.3 Å². The van der Waals surface area contributed by atoms with Gasteiger partial charge in [0.05, 0.1) is 5.69 Å². The fraction of sp³-hybridized carbons (Fsp3) is 0. The highest BCUT2D eigenvalue weighted by Crippen LogP contribution is 2.34. The van der Waals surface area contributed by atoms with Crippen LogP contribution in [0.2, 0.25) is 0 Å². The molecule has 0 aliphatic carbocycles. The number of nitrogens with one attached hydrogen (secondary N) is 2. The molecule has 0 fully saturated rings. The van der Waals surface area contributed by atoms with Crippen molar-refractivity contribution in [3.05, 3.63) is 44.4 Å². The zero-order chi connectivity index (χ0) is 12.7. The van der Waals surface area contributed by atoms with Gasteiger partial charge >= 0.3 is 5.69 Å². The normalized spacial score (nSPS) is 15.3. The Bertz CT molecular complexity index is 740. The number of aromatic amines is 2. The molecule has 2 aromatic rings. The third-order valence-corrected chi connectivity index (χ3v) is 3.14. The molecule has 90 valence electrons. The second-order valence-electron chi connectivity index (χ2n) is 3.86. The van der Waals surface area contributed by atoms with Crippen molar-refractivity contribution < 1.29 is 5.11 Å². The predicted molar refractivity (Wildman–Crippen MR) is 73.2 cm³/mol. The number of aliphatic imine (C=N–C) groups is 1. The summed E-state index contributed by atoms with van der Waals surface area (Å²) in [5.74, 6) is -0.177. The summed E-state index contributed by atoms with van der Waals surface area (Å²) in [6.07, 6.45) is 3.37. The van der Waals surface area contributed by atoms with Crippen LogP contribution in [-0.4, -0.2) is 21.3 Å². The molecule has 0 spiro atoms. The van der Waals surface area contributed by atoms with E-state index in [4.69, 9.17) is 0 Å². The van der Waals surface area contributed by atoms with E-state index in [9.17, 15) is 9.90 Å². The standard InChI is InChI=1S/C12H8BrN3O2/c13-7-1-2-9-8(4-7)6(5-14-9)3-10-11(17)16-12(18)15-10/h1-5,17H,(H2,15,16,18)/b6-3+. The Morgan fingerprint density at radius 3 is 2.89 bits per heavy atom. The summed E-state index contributed by atoms with van der Waals surface area (Å²) in [4.78, 5) is 20.1. The number of benzene rings is 1. The van der Waals surface area contributed by atoms with Gasteiger partial charge in [-0.1, -0.05) is 15.9 Å². The van der Waals surface area contributed by atoms with Crippen LogP contribution in [0.1, 0.15) is 11.3 Å². The van der Waals surface area contributed by atoms with Gasteiger partial charge in [-0.2, -0.15) is 0 Å². The summed E-state index contributed by atoms with van der Waals surface area (Å²) in [7, 11) is 0. The predicted octanol–water partition coefficient (Wildman–Crippen LogP) is 2.43. The first-order valence-corrected chi connectivity index (χ1v) is 6.00. The van der Waals surface area contributed by atoms with Gasteiger partial charge in [-0.05, 0) is 24.3 Å². The Morgan fingerprint density at radius 2 is 2.17 bits per heavy atom. The second kappa shape index (κ2) is 3.99. The van der Waals surface area contributed by atoms with Gasteiger partial charge in [-0.15, -0.1) is 0 Å². The Kier molecular flexibility index (Phi) is 2.45. The number of aromatic hydroxyl groups is 1. The van der Waals surface area contributed by atoms with Crippen LogP contribution in [0, 0.1) is 0 Å². The number of rotatable bonds is 1. The van der Waals surface area contributed by atoms with E-state index in [2.05, 4.69) is 30.9 Å². The number of hydrogen-bond donors (Lipinski definition) is 3. The molecule has 18 heavy (non-hydrogen) atoms. The number of fused-ring (bicyclic) bond motifs is 1. The molecule has 0 radical (unpaired) electrons. The van der Waals surface area contributed by atoms with Gasteiger partial charge < -0.3 is 10.1 Å². The van der Waals surface area contributed by atoms with E-state index in [0.29, 0.717) is 5.69 Å². The summed E-state index contributed by atoms with van der Waals surface area (Å²) in [5.41, 5.74) is 2.54. The highest BCUT2D eigenvalue weighted by molar-refractivity contribution is 9.10. The monoisotopic (exact) mass is 305 g/mol. The lowest BCUT2D eigenvalue weighted by molar-refractivity contribution is 0.454. The summed E-state index contributed by atoms with van der Waals surface area (Å²) >= 11 is 3.40. The van der Waals surface area contributed by atoms with Crippen LogP contribution in [0.25, 0.3) is 11.6 Å². The van der Waals surface area contributed by atoms with Crippen LogP contribution in [0.4, 0.5) is 5.69 Å². The first kappa shape index (κ1) is 11.0. The van der Waals surface area contributed by atoms with Gasteiger partial charge in [0.15, 0.2) is 0 Å². The Hall–Kier alpha value is -2.08. The van der Waals surface area contributed by atoms with Crippen molar-refractivity contribution in [2.75, 3.05) is 0 Å². The molecule has 0 amide bonds. The number of halogens is 1. The highest BCUT2D eigenvalue weighted by Gasteiger charge is 2.13. The third-order valence-electron chi connectivity index (χ3n) is 2.65. The Morgan fingerprint density at radius 1 is 1.33 bits per heavy atom. The zero-order valence-electron chi connectivity index (χ0n) is 9.07. The van der Waals surface area contributed by atoms with Crippen LogP contribution < -0.4 is 5.69 Å². The number of H-pyrrole nitrogens is 2.